The standard InChI is InChI=1S/C9H18N2O3S/c1-4-9(8-10)15(12,13)11(3)6-7-14-5-2/h9H,4-7H2,1-3H3. The van der Waals surface area contributed by atoms with Crippen molar-refractivity contribution < 1.29 is 13.2 Å². The van der Waals surface area contributed by atoms with Gasteiger partial charge in [-0.15, -0.1) is 0 Å². The van der Waals surface area contributed by atoms with E-state index < -0.39 is 15.3 Å². The molecular weight excluding hydrogens is 216 g/mol. The van der Waals surface area contributed by atoms with Crippen LogP contribution in [0.1, 0.15) is 20.3 Å². The van der Waals surface area contributed by atoms with E-state index in [1.807, 2.05) is 6.92 Å². The summed E-state index contributed by atoms with van der Waals surface area (Å²) in [5.41, 5.74) is 0. The molecule has 0 heterocycles. The highest BCUT2D eigenvalue weighted by Crippen LogP contribution is 2.09. The van der Waals surface area contributed by atoms with Gasteiger partial charge < -0.3 is 4.74 Å². The molecule has 0 aromatic heterocycles. The van der Waals surface area contributed by atoms with Crippen molar-refractivity contribution in [3.8, 4) is 6.07 Å². The van der Waals surface area contributed by atoms with Crippen molar-refractivity contribution in [3.05, 3.63) is 0 Å². The molecule has 0 aliphatic rings. The van der Waals surface area contributed by atoms with Gasteiger partial charge in [0.1, 0.15) is 0 Å². The molecule has 0 aromatic rings. The summed E-state index contributed by atoms with van der Waals surface area (Å²) in [6.07, 6.45) is 0.303. The molecule has 0 aromatic carbocycles. The summed E-state index contributed by atoms with van der Waals surface area (Å²) in [6, 6.07) is 1.79. The first-order valence-corrected chi connectivity index (χ1v) is 6.43. The molecule has 0 saturated heterocycles. The molecule has 0 amide bonds. The van der Waals surface area contributed by atoms with E-state index in [1.54, 1.807) is 13.0 Å². The van der Waals surface area contributed by atoms with Crippen molar-refractivity contribution in [1.29, 1.82) is 5.26 Å². The van der Waals surface area contributed by atoms with E-state index in [0.29, 0.717) is 19.6 Å². The maximum absolute atomic E-state index is 11.7. The maximum Gasteiger partial charge on any atom is 0.230 e. The molecule has 1 atom stereocenters. The number of ether oxygens (including phenoxy) is 1. The van der Waals surface area contributed by atoms with Gasteiger partial charge in [-0.2, -0.15) is 5.26 Å². The fourth-order valence-corrected chi connectivity index (χ4v) is 2.37. The lowest BCUT2D eigenvalue weighted by Crippen LogP contribution is -2.37. The molecule has 0 saturated carbocycles. The second kappa shape index (κ2) is 6.77. The quantitative estimate of drug-likeness (QED) is 0.604. The Morgan fingerprint density at radius 2 is 2.07 bits per heavy atom. The monoisotopic (exact) mass is 234 g/mol. The molecule has 6 heteroatoms. The number of rotatable bonds is 7. The van der Waals surface area contributed by atoms with Crippen LogP contribution in [0, 0.1) is 11.3 Å². The van der Waals surface area contributed by atoms with Gasteiger partial charge in [0.15, 0.2) is 5.25 Å². The number of nitrogens with zero attached hydrogens (tertiary/aromatic N) is 2. The summed E-state index contributed by atoms with van der Waals surface area (Å²) in [7, 11) is -2.02. The lowest BCUT2D eigenvalue weighted by atomic mass is 10.4. The Morgan fingerprint density at radius 1 is 1.47 bits per heavy atom. The topological polar surface area (TPSA) is 70.4 Å². The Morgan fingerprint density at radius 3 is 2.47 bits per heavy atom. The van der Waals surface area contributed by atoms with Crippen molar-refractivity contribution in [1.82, 2.24) is 4.31 Å². The number of sulfonamides is 1. The molecule has 5 nitrogen and oxygen atoms in total. The normalized spacial score (nSPS) is 13.8. The summed E-state index contributed by atoms with van der Waals surface area (Å²) in [4.78, 5) is 0. The third-order valence-electron chi connectivity index (χ3n) is 2.06. The third kappa shape index (κ3) is 4.16. The molecule has 15 heavy (non-hydrogen) atoms. The second-order valence-corrected chi connectivity index (χ2v) is 5.31. The van der Waals surface area contributed by atoms with E-state index >= 15 is 0 Å². The van der Waals surface area contributed by atoms with E-state index in [-0.39, 0.29) is 6.54 Å². The minimum atomic E-state index is -3.49. The molecule has 0 aliphatic carbocycles. The van der Waals surface area contributed by atoms with E-state index in [0.717, 1.165) is 0 Å². The van der Waals surface area contributed by atoms with Crippen LogP contribution in [-0.2, 0) is 14.8 Å². The van der Waals surface area contributed by atoms with Crippen LogP contribution in [0.2, 0.25) is 0 Å². The van der Waals surface area contributed by atoms with E-state index in [2.05, 4.69) is 0 Å². The molecule has 0 spiro atoms. The first-order chi connectivity index (χ1) is 7.00. The van der Waals surface area contributed by atoms with E-state index in [4.69, 9.17) is 10.00 Å². The van der Waals surface area contributed by atoms with Gasteiger partial charge in [0.25, 0.3) is 0 Å². The number of likely N-dealkylation sites (N-methyl/N-ethyl adjacent to an activating group) is 1. The Bertz CT molecular complexity index is 308. The van der Waals surface area contributed by atoms with Gasteiger partial charge in [0, 0.05) is 20.2 Å². The zero-order valence-electron chi connectivity index (χ0n) is 9.43. The highest BCUT2D eigenvalue weighted by molar-refractivity contribution is 7.89. The van der Waals surface area contributed by atoms with Crippen LogP contribution in [0.15, 0.2) is 0 Å². The predicted octanol–water partition coefficient (Wildman–Crippen LogP) is 0.587. The Hall–Kier alpha value is -0.640. The van der Waals surface area contributed by atoms with Gasteiger partial charge in [-0.05, 0) is 13.3 Å². The number of nitriles is 1. The van der Waals surface area contributed by atoms with Crippen molar-refractivity contribution in [2.75, 3.05) is 26.8 Å². The van der Waals surface area contributed by atoms with Crippen LogP contribution in [0.5, 0.6) is 0 Å². The number of hydrogen-bond acceptors (Lipinski definition) is 4. The maximum atomic E-state index is 11.7. The Labute approximate surface area is 91.7 Å². The summed E-state index contributed by atoms with van der Waals surface area (Å²) < 4.78 is 29.7. The van der Waals surface area contributed by atoms with Crippen LogP contribution in [0.3, 0.4) is 0 Å². The van der Waals surface area contributed by atoms with Gasteiger partial charge in [-0.1, -0.05) is 6.92 Å². The van der Waals surface area contributed by atoms with E-state index in [9.17, 15) is 8.42 Å². The molecular formula is C9H18N2O3S. The Balaban J connectivity index is 4.39. The van der Waals surface area contributed by atoms with Gasteiger partial charge >= 0.3 is 0 Å². The fourth-order valence-electron chi connectivity index (χ4n) is 1.05. The van der Waals surface area contributed by atoms with Gasteiger partial charge in [-0.3, -0.25) is 0 Å². The largest absolute Gasteiger partial charge is 0.380 e. The van der Waals surface area contributed by atoms with Crippen LogP contribution >= 0.6 is 0 Å². The van der Waals surface area contributed by atoms with Gasteiger partial charge in [0.05, 0.1) is 12.7 Å². The minimum absolute atomic E-state index is 0.286. The lowest BCUT2D eigenvalue weighted by Gasteiger charge is -2.19. The molecule has 88 valence electrons. The predicted molar refractivity (Wildman–Crippen MR) is 57.7 cm³/mol. The average molecular weight is 234 g/mol. The Kier molecular flexibility index (Phi) is 6.48. The average Bonchev–Trinajstić information content (AvgIpc) is 2.19. The van der Waals surface area contributed by atoms with Crippen molar-refractivity contribution in [3.63, 3.8) is 0 Å². The summed E-state index contributed by atoms with van der Waals surface area (Å²) in [6.45, 7) is 4.73. The summed E-state index contributed by atoms with van der Waals surface area (Å²) in [5.74, 6) is 0. The highest BCUT2D eigenvalue weighted by atomic mass is 32.2. The number of hydrogen-bond donors (Lipinski definition) is 0. The molecule has 0 bridgehead atoms. The van der Waals surface area contributed by atoms with Crippen molar-refractivity contribution in [2.45, 2.75) is 25.5 Å². The second-order valence-electron chi connectivity index (χ2n) is 3.09. The van der Waals surface area contributed by atoms with Gasteiger partial charge in [0.2, 0.25) is 10.0 Å². The molecule has 0 radical (unpaired) electrons. The first-order valence-electron chi connectivity index (χ1n) is 4.93. The molecule has 0 aliphatic heterocycles. The zero-order valence-corrected chi connectivity index (χ0v) is 10.2. The van der Waals surface area contributed by atoms with E-state index in [1.165, 1.54) is 11.4 Å². The van der Waals surface area contributed by atoms with Crippen molar-refractivity contribution >= 4 is 10.0 Å². The summed E-state index contributed by atoms with van der Waals surface area (Å²) in [5, 5.41) is 7.74. The van der Waals surface area contributed by atoms with Gasteiger partial charge in [-0.25, -0.2) is 12.7 Å². The molecule has 0 rings (SSSR count). The zero-order chi connectivity index (χ0) is 11.9. The van der Waals surface area contributed by atoms with Crippen molar-refractivity contribution in [2.24, 2.45) is 0 Å². The highest BCUT2D eigenvalue weighted by Gasteiger charge is 2.27. The minimum Gasteiger partial charge on any atom is -0.380 e. The van der Waals surface area contributed by atoms with Crippen LogP contribution in [0.4, 0.5) is 0 Å². The van der Waals surface area contributed by atoms with Crippen LogP contribution < -0.4 is 0 Å². The molecule has 0 fully saturated rings. The van der Waals surface area contributed by atoms with Crippen LogP contribution in [0.25, 0.3) is 0 Å². The first kappa shape index (κ1) is 14.4. The third-order valence-corrected chi connectivity index (χ3v) is 4.27. The van der Waals surface area contributed by atoms with Crippen LogP contribution in [-0.4, -0.2) is 44.8 Å². The lowest BCUT2D eigenvalue weighted by molar-refractivity contribution is 0.138. The fraction of sp³-hybridized carbons (Fsp3) is 0.889. The summed E-state index contributed by atoms with van der Waals surface area (Å²) >= 11 is 0. The smallest absolute Gasteiger partial charge is 0.230 e. The molecule has 0 N–H and O–H groups in total. The SMILES string of the molecule is CCOCCN(C)S(=O)(=O)C(C#N)CC. The molecule has 1 unspecified atom stereocenters.